The lowest BCUT2D eigenvalue weighted by molar-refractivity contribution is -0.135. The van der Waals surface area contributed by atoms with Crippen LogP contribution >= 0.6 is 23.2 Å². The van der Waals surface area contributed by atoms with E-state index in [0.29, 0.717) is 36.8 Å². The molecule has 1 atom stereocenters. The van der Waals surface area contributed by atoms with Gasteiger partial charge in [0.15, 0.2) is 0 Å². The summed E-state index contributed by atoms with van der Waals surface area (Å²) in [5.41, 5.74) is 0.641. The average Bonchev–Trinajstić information content (AvgIpc) is 2.77. The molecule has 0 bridgehead atoms. The van der Waals surface area contributed by atoms with Gasteiger partial charge in [0.25, 0.3) is 11.8 Å². The number of carbonyl (C=O) groups is 3. The van der Waals surface area contributed by atoms with E-state index in [1.807, 2.05) is 13.8 Å². The molecular formula is C23H24Cl2FN3O3. The lowest BCUT2D eigenvalue weighted by Crippen LogP contribution is -2.57. The number of benzene rings is 2. The number of rotatable bonds is 5. The van der Waals surface area contributed by atoms with Crippen LogP contribution in [-0.2, 0) is 4.79 Å². The van der Waals surface area contributed by atoms with Crippen LogP contribution in [0.1, 0.15) is 34.6 Å². The highest BCUT2D eigenvalue weighted by Gasteiger charge is 2.32. The van der Waals surface area contributed by atoms with Crippen molar-refractivity contribution < 1.29 is 18.8 Å². The summed E-state index contributed by atoms with van der Waals surface area (Å²) in [6.45, 7) is 5.00. The molecule has 2 aromatic rings. The quantitative estimate of drug-likeness (QED) is 0.707. The van der Waals surface area contributed by atoms with Gasteiger partial charge in [-0.3, -0.25) is 14.4 Å². The highest BCUT2D eigenvalue weighted by atomic mass is 35.5. The standard InChI is InChI=1S/C23H24Cl2FN3O3/c1-14(2)20(27-21(30)15-3-5-16(24)6-4-15)23(32)29-11-9-28(10-12-29)22(31)18-8-7-17(26)13-19(18)25/h3-8,13-14,20H,9-12H2,1-2H3,(H,27,30). The summed E-state index contributed by atoms with van der Waals surface area (Å²) in [7, 11) is 0. The van der Waals surface area contributed by atoms with Gasteiger partial charge in [-0.15, -0.1) is 0 Å². The van der Waals surface area contributed by atoms with Gasteiger partial charge >= 0.3 is 0 Å². The zero-order valence-electron chi connectivity index (χ0n) is 17.8. The van der Waals surface area contributed by atoms with E-state index in [1.54, 1.807) is 34.1 Å². The summed E-state index contributed by atoms with van der Waals surface area (Å²) >= 11 is 11.9. The fourth-order valence-corrected chi connectivity index (χ4v) is 3.87. The molecule has 1 unspecified atom stereocenters. The molecule has 1 saturated heterocycles. The topological polar surface area (TPSA) is 69.7 Å². The molecule has 1 fully saturated rings. The third-order valence-corrected chi connectivity index (χ3v) is 5.93. The summed E-state index contributed by atoms with van der Waals surface area (Å²) in [4.78, 5) is 41.7. The molecule has 32 heavy (non-hydrogen) atoms. The first-order valence-corrected chi connectivity index (χ1v) is 11.0. The van der Waals surface area contributed by atoms with Gasteiger partial charge in [0.2, 0.25) is 5.91 Å². The summed E-state index contributed by atoms with van der Waals surface area (Å²) < 4.78 is 13.3. The van der Waals surface area contributed by atoms with Crippen molar-refractivity contribution in [3.63, 3.8) is 0 Å². The van der Waals surface area contributed by atoms with Gasteiger partial charge in [0.05, 0.1) is 10.6 Å². The van der Waals surface area contributed by atoms with Gasteiger partial charge in [0, 0.05) is 36.8 Å². The predicted octanol–water partition coefficient (Wildman–Crippen LogP) is 3.87. The molecule has 170 valence electrons. The van der Waals surface area contributed by atoms with Crippen LogP contribution in [0.15, 0.2) is 42.5 Å². The first-order chi connectivity index (χ1) is 15.2. The first kappa shape index (κ1) is 24.0. The van der Waals surface area contributed by atoms with Crippen molar-refractivity contribution in [3.05, 3.63) is 69.5 Å². The Labute approximate surface area is 196 Å². The zero-order chi connectivity index (χ0) is 23.4. The Kier molecular flexibility index (Phi) is 7.74. The van der Waals surface area contributed by atoms with Crippen molar-refractivity contribution >= 4 is 40.9 Å². The van der Waals surface area contributed by atoms with Crippen molar-refractivity contribution in [1.82, 2.24) is 15.1 Å². The number of nitrogens with zero attached hydrogens (tertiary/aromatic N) is 2. The van der Waals surface area contributed by atoms with E-state index in [4.69, 9.17) is 23.2 Å². The van der Waals surface area contributed by atoms with Crippen LogP contribution in [0.5, 0.6) is 0 Å². The third kappa shape index (κ3) is 5.58. The van der Waals surface area contributed by atoms with Crippen molar-refractivity contribution in [1.29, 1.82) is 0 Å². The van der Waals surface area contributed by atoms with Crippen molar-refractivity contribution in [3.8, 4) is 0 Å². The number of hydrogen-bond donors (Lipinski definition) is 1. The van der Waals surface area contributed by atoms with Crippen LogP contribution in [0.2, 0.25) is 10.0 Å². The van der Waals surface area contributed by atoms with Gasteiger partial charge in [-0.1, -0.05) is 37.0 Å². The highest BCUT2D eigenvalue weighted by Crippen LogP contribution is 2.20. The molecule has 6 nitrogen and oxygen atoms in total. The number of piperazine rings is 1. The molecule has 9 heteroatoms. The third-order valence-electron chi connectivity index (χ3n) is 5.37. The molecule has 0 aromatic heterocycles. The number of nitrogens with one attached hydrogen (secondary N) is 1. The minimum Gasteiger partial charge on any atom is -0.340 e. The Morgan fingerprint density at radius 1 is 0.938 bits per heavy atom. The van der Waals surface area contributed by atoms with Crippen LogP contribution in [0.4, 0.5) is 4.39 Å². The van der Waals surface area contributed by atoms with Crippen LogP contribution in [0.25, 0.3) is 0 Å². The summed E-state index contributed by atoms with van der Waals surface area (Å²) in [5.74, 6) is -1.50. The Hall–Kier alpha value is -2.64. The molecule has 3 amide bonds. The number of amides is 3. The lowest BCUT2D eigenvalue weighted by Gasteiger charge is -2.37. The fraction of sp³-hybridized carbons (Fsp3) is 0.348. The molecule has 0 spiro atoms. The molecule has 0 saturated carbocycles. The van der Waals surface area contributed by atoms with Crippen molar-refractivity contribution in [2.24, 2.45) is 5.92 Å². The molecule has 3 rings (SSSR count). The lowest BCUT2D eigenvalue weighted by atomic mass is 10.0. The molecule has 1 N–H and O–H groups in total. The molecule has 1 heterocycles. The summed E-state index contributed by atoms with van der Waals surface area (Å²) in [6.07, 6.45) is 0. The van der Waals surface area contributed by atoms with E-state index < -0.39 is 11.9 Å². The monoisotopic (exact) mass is 479 g/mol. The Morgan fingerprint density at radius 3 is 2.09 bits per heavy atom. The smallest absolute Gasteiger partial charge is 0.255 e. The Bertz CT molecular complexity index is 1010. The summed E-state index contributed by atoms with van der Waals surface area (Å²) in [5, 5.41) is 3.39. The molecule has 2 aromatic carbocycles. The van der Waals surface area contributed by atoms with E-state index in [9.17, 15) is 18.8 Å². The second kappa shape index (κ2) is 10.3. The van der Waals surface area contributed by atoms with Crippen molar-refractivity contribution in [2.75, 3.05) is 26.2 Å². The van der Waals surface area contributed by atoms with Crippen molar-refractivity contribution in [2.45, 2.75) is 19.9 Å². The van der Waals surface area contributed by atoms with E-state index in [-0.39, 0.29) is 34.2 Å². The van der Waals surface area contributed by atoms with Gasteiger partial charge in [-0.2, -0.15) is 0 Å². The van der Waals surface area contributed by atoms with Gasteiger partial charge in [-0.25, -0.2) is 4.39 Å². The van der Waals surface area contributed by atoms with Crippen LogP contribution in [0, 0.1) is 11.7 Å². The van der Waals surface area contributed by atoms with Gasteiger partial charge < -0.3 is 15.1 Å². The number of carbonyl (C=O) groups excluding carboxylic acids is 3. The second-order valence-corrected chi connectivity index (χ2v) is 8.79. The second-order valence-electron chi connectivity index (χ2n) is 7.94. The average molecular weight is 480 g/mol. The van der Waals surface area contributed by atoms with E-state index in [2.05, 4.69) is 5.32 Å². The fourth-order valence-electron chi connectivity index (χ4n) is 3.50. The molecule has 0 aliphatic carbocycles. The van der Waals surface area contributed by atoms with E-state index >= 15 is 0 Å². The molecular weight excluding hydrogens is 456 g/mol. The maximum atomic E-state index is 13.3. The van der Waals surface area contributed by atoms with E-state index in [0.717, 1.165) is 6.07 Å². The van der Waals surface area contributed by atoms with Gasteiger partial charge in [0.1, 0.15) is 11.9 Å². The maximum Gasteiger partial charge on any atom is 0.255 e. The predicted molar refractivity (Wildman–Crippen MR) is 121 cm³/mol. The minimum absolute atomic E-state index is 0.0540. The zero-order valence-corrected chi connectivity index (χ0v) is 19.3. The molecule has 1 aliphatic heterocycles. The summed E-state index contributed by atoms with van der Waals surface area (Å²) in [6, 6.07) is 9.39. The minimum atomic E-state index is -0.702. The van der Waals surface area contributed by atoms with Crippen LogP contribution < -0.4 is 5.32 Å². The normalized spacial score (nSPS) is 14.9. The largest absolute Gasteiger partial charge is 0.340 e. The van der Waals surface area contributed by atoms with E-state index in [1.165, 1.54) is 12.1 Å². The van der Waals surface area contributed by atoms with Gasteiger partial charge in [-0.05, 0) is 48.4 Å². The van der Waals surface area contributed by atoms with Crippen LogP contribution in [-0.4, -0.2) is 59.7 Å². The molecule has 1 aliphatic rings. The Balaban J connectivity index is 1.62. The first-order valence-electron chi connectivity index (χ1n) is 10.3. The van der Waals surface area contributed by atoms with Crippen LogP contribution in [0.3, 0.4) is 0 Å². The Morgan fingerprint density at radius 2 is 1.53 bits per heavy atom. The number of hydrogen-bond acceptors (Lipinski definition) is 3. The highest BCUT2D eigenvalue weighted by molar-refractivity contribution is 6.33. The molecule has 0 radical (unpaired) electrons. The maximum absolute atomic E-state index is 13.3. The number of halogens is 3. The SMILES string of the molecule is CC(C)C(NC(=O)c1ccc(Cl)cc1)C(=O)N1CCN(C(=O)c2ccc(F)cc2Cl)CC1.